The summed E-state index contributed by atoms with van der Waals surface area (Å²) in [6.45, 7) is 6.16. The van der Waals surface area contributed by atoms with Crippen LogP contribution in [-0.2, 0) is 20.7 Å². The van der Waals surface area contributed by atoms with Gasteiger partial charge < -0.3 is 15.4 Å². The minimum Gasteiger partial charge on any atom is -0.467 e. The number of esters is 1. The molecule has 0 radical (unpaired) electrons. The second-order valence-electron chi connectivity index (χ2n) is 5.39. The Labute approximate surface area is 126 Å². The molecule has 21 heavy (non-hydrogen) atoms. The van der Waals surface area contributed by atoms with Crippen molar-refractivity contribution in [2.75, 3.05) is 13.7 Å². The van der Waals surface area contributed by atoms with Gasteiger partial charge in [-0.2, -0.15) is 0 Å². The van der Waals surface area contributed by atoms with Crippen LogP contribution in [0.15, 0.2) is 30.3 Å². The zero-order valence-corrected chi connectivity index (χ0v) is 13.1. The molecule has 1 aromatic rings. The van der Waals surface area contributed by atoms with Gasteiger partial charge in [0.15, 0.2) is 0 Å². The molecule has 1 atom stereocenters. The first-order chi connectivity index (χ1) is 9.90. The number of benzene rings is 1. The van der Waals surface area contributed by atoms with E-state index >= 15 is 0 Å². The number of carbonyl (C=O) groups is 2. The molecule has 0 saturated carbocycles. The Morgan fingerprint density at radius 3 is 2.38 bits per heavy atom. The van der Waals surface area contributed by atoms with E-state index < -0.39 is 17.6 Å². The molecule has 0 aliphatic heterocycles. The summed E-state index contributed by atoms with van der Waals surface area (Å²) in [6, 6.07) is 8.84. The van der Waals surface area contributed by atoms with E-state index in [4.69, 9.17) is 4.74 Å². The second-order valence-corrected chi connectivity index (χ2v) is 5.39. The van der Waals surface area contributed by atoms with E-state index in [1.165, 1.54) is 7.11 Å². The Kier molecular flexibility index (Phi) is 6.37. The number of methoxy groups -OCH3 is 1. The maximum atomic E-state index is 12.3. The SMILES string of the molecule is CCNC(C)(C)C(=O)NC(Cc1ccccc1)C(=O)OC. The first-order valence-electron chi connectivity index (χ1n) is 7.08. The molecule has 1 unspecified atom stereocenters. The van der Waals surface area contributed by atoms with Gasteiger partial charge in [0, 0.05) is 6.42 Å². The van der Waals surface area contributed by atoms with Crippen molar-refractivity contribution in [2.24, 2.45) is 0 Å². The van der Waals surface area contributed by atoms with Crippen LogP contribution in [0.4, 0.5) is 0 Å². The van der Waals surface area contributed by atoms with Crippen LogP contribution in [0.3, 0.4) is 0 Å². The fraction of sp³-hybridized carbons (Fsp3) is 0.500. The molecule has 0 heterocycles. The first-order valence-corrected chi connectivity index (χ1v) is 7.08. The van der Waals surface area contributed by atoms with Crippen LogP contribution in [-0.4, -0.2) is 37.1 Å². The van der Waals surface area contributed by atoms with E-state index in [0.29, 0.717) is 13.0 Å². The number of rotatable bonds is 7. The topological polar surface area (TPSA) is 67.4 Å². The number of ether oxygens (including phenoxy) is 1. The summed E-state index contributed by atoms with van der Waals surface area (Å²) in [5.41, 5.74) is 0.229. The fourth-order valence-corrected chi connectivity index (χ4v) is 2.05. The van der Waals surface area contributed by atoms with E-state index in [-0.39, 0.29) is 5.91 Å². The van der Waals surface area contributed by atoms with E-state index in [9.17, 15) is 9.59 Å². The third-order valence-corrected chi connectivity index (χ3v) is 3.26. The first kappa shape index (κ1) is 17.2. The Balaban J connectivity index is 2.80. The highest BCUT2D eigenvalue weighted by Gasteiger charge is 2.31. The molecule has 5 nitrogen and oxygen atoms in total. The molecule has 0 aliphatic carbocycles. The molecule has 116 valence electrons. The molecular weight excluding hydrogens is 268 g/mol. The third kappa shape index (κ3) is 5.19. The van der Waals surface area contributed by atoms with Crippen LogP contribution in [0, 0.1) is 0 Å². The Morgan fingerprint density at radius 1 is 1.24 bits per heavy atom. The normalized spacial score (nSPS) is 12.6. The van der Waals surface area contributed by atoms with Gasteiger partial charge >= 0.3 is 5.97 Å². The molecule has 0 saturated heterocycles. The van der Waals surface area contributed by atoms with Gasteiger partial charge in [-0.15, -0.1) is 0 Å². The van der Waals surface area contributed by atoms with Gasteiger partial charge in [-0.1, -0.05) is 37.3 Å². The van der Waals surface area contributed by atoms with Gasteiger partial charge in [-0.3, -0.25) is 4.79 Å². The summed E-state index contributed by atoms with van der Waals surface area (Å²) in [6.07, 6.45) is 0.404. The highest BCUT2D eigenvalue weighted by Crippen LogP contribution is 2.07. The average Bonchev–Trinajstić information content (AvgIpc) is 2.46. The number of amides is 1. The number of hydrogen-bond acceptors (Lipinski definition) is 4. The van der Waals surface area contributed by atoms with Crippen molar-refractivity contribution < 1.29 is 14.3 Å². The smallest absolute Gasteiger partial charge is 0.328 e. The molecule has 0 spiro atoms. The lowest BCUT2D eigenvalue weighted by Gasteiger charge is -2.27. The van der Waals surface area contributed by atoms with Crippen LogP contribution < -0.4 is 10.6 Å². The molecule has 5 heteroatoms. The Bertz CT molecular complexity index is 472. The van der Waals surface area contributed by atoms with Crippen LogP contribution in [0.25, 0.3) is 0 Å². The molecule has 0 fully saturated rings. The minimum absolute atomic E-state index is 0.226. The summed E-state index contributed by atoms with van der Waals surface area (Å²) < 4.78 is 4.78. The van der Waals surface area contributed by atoms with Crippen molar-refractivity contribution in [3.05, 3.63) is 35.9 Å². The quantitative estimate of drug-likeness (QED) is 0.743. The van der Waals surface area contributed by atoms with Crippen molar-refractivity contribution in [1.29, 1.82) is 0 Å². The molecule has 0 aromatic heterocycles. The minimum atomic E-state index is -0.738. The van der Waals surface area contributed by atoms with Gasteiger partial charge in [0.2, 0.25) is 5.91 Å². The van der Waals surface area contributed by atoms with Crippen molar-refractivity contribution in [3.8, 4) is 0 Å². The maximum Gasteiger partial charge on any atom is 0.328 e. The predicted octanol–water partition coefficient (Wildman–Crippen LogP) is 1.27. The largest absolute Gasteiger partial charge is 0.467 e. The standard InChI is InChI=1S/C16H24N2O3/c1-5-17-16(2,3)15(20)18-13(14(19)21-4)11-12-9-7-6-8-10-12/h6-10,13,17H,5,11H2,1-4H3,(H,18,20). The molecular formula is C16H24N2O3. The fourth-order valence-electron chi connectivity index (χ4n) is 2.05. The van der Waals surface area contributed by atoms with Gasteiger partial charge in [0.25, 0.3) is 0 Å². The number of hydrogen-bond donors (Lipinski definition) is 2. The van der Waals surface area contributed by atoms with Gasteiger partial charge in [-0.05, 0) is 26.0 Å². The highest BCUT2D eigenvalue weighted by molar-refractivity contribution is 5.90. The van der Waals surface area contributed by atoms with Crippen LogP contribution in [0.2, 0.25) is 0 Å². The summed E-state index contributed by atoms with van der Waals surface area (Å²) in [5.74, 6) is -0.671. The Morgan fingerprint density at radius 2 is 1.86 bits per heavy atom. The summed E-state index contributed by atoms with van der Waals surface area (Å²) in [5, 5.41) is 5.85. The van der Waals surface area contributed by atoms with E-state index in [1.807, 2.05) is 37.3 Å². The average molecular weight is 292 g/mol. The summed E-state index contributed by atoms with van der Waals surface area (Å²) >= 11 is 0. The number of likely N-dealkylation sites (N-methyl/N-ethyl adjacent to an activating group) is 1. The highest BCUT2D eigenvalue weighted by atomic mass is 16.5. The lowest BCUT2D eigenvalue weighted by atomic mass is 10.0. The number of carbonyl (C=O) groups excluding carboxylic acids is 2. The molecule has 1 aromatic carbocycles. The molecule has 1 rings (SSSR count). The van der Waals surface area contributed by atoms with Crippen molar-refractivity contribution >= 4 is 11.9 Å². The lowest BCUT2D eigenvalue weighted by Crippen LogP contribution is -2.56. The Hall–Kier alpha value is -1.88. The molecule has 0 aliphatic rings. The van der Waals surface area contributed by atoms with Crippen LogP contribution >= 0.6 is 0 Å². The molecule has 2 N–H and O–H groups in total. The van der Waals surface area contributed by atoms with Crippen molar-refractivity contribution in [3.63, 3.8) is 0 Å². The predicted molar refractivity (Wildman–Crippen MR) is 81.8 cm³/mol. The van der Waals surface area contributed by atoms with Crippen LogP contribution in [0.5, 0.6) is 0 Å². The van der Waals surface area contributed by atoms with Crippen molar-refractivity contribution in [2.45, 2.75) is 38.8 Å². The molecule has 0 bridgehead atoms. The third-order valence-electron chi connectivity index (χ3n) is 3.26. The van der Waals surface area contributed by atoms with E-state index in [1.54, 1.807) is 13.8 Å². The van der Waals surface area contributed by atoms with Gasteiger partial charge in [0.1, 0.15) is 6.04 Å². The van der Waals surface area contributed by atoms with E-state index in [2.05, 4.69) is 10.6 Å². The van der Waals surface area contributed by atoms with E-state index in [0.717, 1.165) is 5.56 Å². The zero-order valence-electron chi connectivity index (χ0n) is 13.1. The van der Waals surface area contributed by atoms with Crippen LogP contribution in [0.1, 0.15) is 26.3 Å². The zero-order chi connectivity index (χ0) is 15.9. The lowest BCUT2D eigenvalue weighted by molar-refractivity contribution is -0.145. The summed E-state index contributed by atoms with van der Waals surface area (Å²) in [4.78, 5) is 24.2. The summed E-state index contributed by atoms with van der Waals surface area (Å²) in [7, 11) is 1.32. The van der Waals surface area contributed by atoms with Gasteiger partial charge in [-0.25, -0.2) is 4.79 Å². The number of nitrogens with one attached hydrogen (secondary N) is 2. The monoisotopic (exact) mass is 292 g/mol. The second kappa shape index (κ2) is 7.78. The van der Waals surface area contributed by atoms with Gasteiger partial charge in [0.05, 0.1) is 12.6 Å². The maximum absolute atomic E-state index is 12.3. The van der Waals surface area contributed by atoms with Crippen molar-refractivity contribution in [1.82, 2.24) is 10.6 Å². The molecule has 1 amide bonds.